The van der Waals surface area contributed by atoms with E-state index < -0.39 is 10.8 Å². The van der Waals surface area contributed by atoms with E-state index in [4.69, 9.17) is 23.2 Å². The fraction of sp³-hybridized carbons (Fsp3) is 0.263. The summed E-state index contributed by atoms with van der Waals surface area (Å²) in [6.07, 6.45) is 0.750. The molecule has 0 aliphatic heterocycles. The molecular weight excluding hydrogens is 359 g/mol. The average Bonchev–Trinajstić information content (AvgIpc) is 2.58. The van der Waals surface area contributed by atoms with Crippen molar-refractivity contribution >= 4 is 46.4 Å². The van der Waals surface area contributed by atoms with Crippen molar-refractivity contribution in [2.45, 2.75) is 31.0 Å². The number of rotatable bonds is 6. The van der Waals surface area contributed by atoms with E-state index in [2.05, 4.69) is 10.6 Å². The van der Waals surface area contributed by atoms with Gasteiger partial charge in [0.15, 0.2) is 0 Å². The minimum Gasteiger partial charge on any atom is -0.325 e. The molecule has 0 heterocycles. The van der Waals surface area contributed by atoms with Gasteiger partial charge in [-0.2, -0.15) is 0 Å². The van der Waals surface area contributed by atoms with Crippen LogP contribution < -0.4 is 10.6 Å². The largest absolute Gasteiger partial charge is 0.325 e. The van der Waals surface area contributed by atoms with Gasteiger partial charge in [0.25, 0.3) is 0 Å². The van der Waals surface area contributed by atoms with Crippen LogP contribution in [-0.2, 0) is 16.0 Å². The Morgan fingerprint density at radius 2 is 1.08 bits per heavy atom. The summed E-state index contributed by atoms with van der Waals surface area (Å²) in [6, 6.07) is 15.2. The molecule has 0 aliphatic rings. The monoisotopic (exact) mass is 378 g/mol. The van der Waals surface area contributed by atoms with Crippen molar-refractivity contribution in [1.82, 2.24) is 0 Å². The second kappa shape index (κ2) is 8.88. The Kier molecular flexibility index (Phi) is 6.85. The summed E-state index contributed by atoms with van der Waals surface area (Å²) in [5.74, 6) is -0.448. The van der Waals surface area contributed by atoms with Crippen molar-refractivity contribution in [3.05, 3.63) is 59.7 Å². The number of hydrogen-bond donors (Lipinski definition) is 2. The molecule has 0 fully saturated rings. The van der Waals surface area contributed by atoms with Crippen LogP contribution in [0.1, 0.15) is 25.0 Å². The molecule has 0 radical (unpaired) electrons. The van der Waals surface area contributed by atoms with Crippen LogP contribution in [0.3, 0.4) is 0 Å². The van der Waals surface area contributed by atoms with Crippen LogP contribution in [0.2, 0.25) is 0 Å². The Bertz CT molecular complexity index is 663. The van der Waals surface area contributed by atoms with Gasteiger partial charge in [0.05, 0.1) is 0 Å². The Morgan fingerprint density at radius 3 is 1.36 bits per heavy atom. The molecular formula is C19H20Cl2N2O2. The second-order valence-corrected chi connectivity index (χ2v) is 7.09. The van der Waals surface area contributed by atoms with Crippen LogP contribution in [0.5, 0.6) is 0 Å². The zero-order chi connectivity index (χ0) is 18.4. The molecule has 2 unspecified atom stereocenters. The molecule has 25 heavy (non-hydrogen) atoms. The highest BCUT2D eigenvalue weighted by atomic mass is 35.5. The lowest BCUT2D eigenvalue weighted by Gasteiger charge is -2.09. The Hall–Kier alpha value is -2.04. The highest BCUT2D eigenvalue weighted by Crippen LogP contribution is 2.17. The SMILES string of the molecule is CC(Cl)C(=O)Nc1ccc(Cc2ccc(NC(=O)C(C)Cl)cc2)cc1. The Labute approximate surface area is 157 Å². The van der Waals surface area contributed by atoms with E-state index in [9.17, 15) is 9.59 Å². The molecule has 2 rings (SSSR count). The molecule has 2 aromatic carbocycles. The lowest BCUT2D eigenvalue weighted by molar-refractivity contribution is -0.116. The van der Waals surface area contributed by atoms with Gasteiger partial charge in [0.2, 0.25) is 11.8 Å². The van der Waals surface area contributed by atoms with Gasteiger partial charge in [0, 0.05) is 11.4 Å². The van der Waals surface area contributed by atoms with Crippen molar-refractivity contribution in [1.29, 1.82) is 0 Å². The topological polar surface area (TPSA) is 58.2 Å². The number of benzene rings is 2. The summed E-state index contributed by atoms with van der Waals surface area (Å²) >= 11 is 11.5. The first-order valence-corrected chi connectivity index (χ1v) is 8.80. The summed E-state index contributed by atoms with van der Waals surface area (Å²) in [6.45, 7) is 3.26. The van der Waals surface area contributed by atoms with E-state index in [-0.39, 0.29) is 11.8 Å². The van der Waals surface area contributed by atoms with E-state index in [0.717, 1.165) is 28.9 Å². The van der Waals surface area contributed by atoms with E-state index >= 15 is 0 Å². The molecule has 0 aliphatic carbocycles. The highest BCUT2D eigenvalue weighted by molar-refractivity contribution is 6.32. The third kappa shape index (κ3) is 6.07. The van der Waals surface area contributed by atoms with Crippen molar-refractivity contribution in [3.8, 4) is 0 Å². The molecule has 0 saturated carbocycles. The minimum absolute atomic E-state index is 0.224. The summed E-state index contributed by atoms with van der Waals surface area (Å²) < 4.78 is 0. The van der Waals surface area contributed by atoms with Crippen LogP contribution in [0.15, 0.2) is 48.5 Å². The number of halogens is 2. The third-order valence-corrected chi connectivity index (χ3v) is 3.97. The molecule has 0 aromatic heterocycles. The lowest BCUT2D eigenvalue weighted by Crippen LogP contribution is -2.20. The molecule has 6 heteroatoms. The number of amides is 2. The first-order valence-electron chi connectivity index (χ1n) is 7.93. The van der Waals surface area contributed by atoms with Gasteiger partial charge in [-0.05, 0) is 55.7 Å². The molecule has 0 saturated heterocycles. The van der Waals surface area contributed by atoms with E-state index in [1.165, 1.54) is 0 Å². The minimum atomic E-state index is -0.569. The van der Waals surface area contributed by atoms with Crippen molar-refractivity contribution in [2.75, 3.05) is 10.6 Å². The fourth-order valence-electron chi connectivity index (χ4n) is 2.13. The fourth-order valence-corrected chi connectivity index (χ4v) is 2.24. The first kappa shape index (κ1) is 19.3. The molecule has 132 valence electrons. The number of alkyl halides is 2. The molecule has 2 atom stereocenters. The summed E-state index contributed by atoms with van der Waals surface area (Å²) in [4.78, 5) is 23.1. The van der Waals surface area contributed by atoms with E-state index in [0.29, 0.717) is 0 Å². The average molecular weight is 379 g/mol. The molecule has 4 nitrogen and oxygen atoms in total. The molecule has 0 spiro atoms. The number of anilines is 2. The molecule has 2 N–H and O–H groups in total. The summed E-state index contributed by atoms with van der Waals surface area (Å²) in [5.41, 5.74) is 3.66. The number of carbonyl (C=O) groups is 2. The standard InChI is InChI=1S/C19H20Cl2N2O2/c1-12(20)18(24)22-16-7-3-14(4-8-16)11-15-5-9-17(10-6-15)23-19(25)13(2)21/h3-10,12-13H,11H2,1-2H3,(H,22,24)(H,23,25). The normalized spacial score (nSPS) is 13.0. The number of carbonyl (C=O) groups excluding carboxylic acids is 2. The van der Waals surface area contributed by atoms with Gasteiger partial charge in [-0.25, -0.2) is 0 Å². The van der Waals surface area contributed by atoms with Gasteiger partial charge in [0.1, 0.15) is 10.8 Å². The van der Waals surface area contributed by atoms with Crippen LogP contribution >= 0.6 is 23.2 Å². The second-order valence-electron chi connectivity index (χ2n) is 5.78. The predicted octanol–water partition coefficient (Wildman–Crippen LogP) is 4.41. The summed E-state index contributed by atoms with van der Waals surface area (Å²) in [7, 11) is 0. The van der Waals surface area contributed by atoms with Gasteiger partial charge in [-0.15, -0.1) is 23.2 Å². The van der Waals surface area contributed by atoms with Crippen LogP contribution in [0.4, 0.5) is 11.4 Å². The zero-order valence-electron chi connectivity index (χ0n) is 14.1. The lowest BCUT2D eigenvalue weighted by atomic mass is 10.0. The highest BCUT2D eigenvalue weighted by Gasteiger charge is 2.10. The van der Waals surface area contributed by atoms with Gasteiger partial charge in [-0.1, -0.05) is 24.3 Å². The Balaban J connectivity index is 1.95. The number of nitrogens with one attached hydrogen (secondary N) is 2. The molecule has 0 bridgehead atoms. The maximum absolute atomic E-state index is 11.6. The van der Waals surface area contributed by atoms with E-state index in [1.807, 2.05) is 48.5 Å². The third-order valence-electron chi connectivity index (χ3n) is 3.57. The Morgan fingerprint density at radius 1 is 0.760 bits per heavy atom. The van der Waals surface area contributed by atoms with Crippen molar-refractivity contribution in [3.63, 3.8) is 0 Å². The van der Waals surface area contributed by atoms with Gasteiger partial charge < -0.3 is 10.6 Å². The van der Waals surface area contributed by atoms with Crippen LogP contribution in [0, 0.1) is 0 Å². The van der Waals surface area contributed by atoms with Crippen LogP contribution in [0.25, 0.3) is 0 Å². The quantitative estimate of drug-likeness (QED) is 0.731. The van der Waals surface area contributed by atoms with Gasteiger partial charge in [-0.3, -0.25) is 9.59 Å². The first-order chi connectivity index (χ1) is 11.8. The molecule has 2 aromatic rings. The van der Waals surface area contributed by atoms with Gasteiger partial charge >= 0.3 is 0 Å². The maximum atomic E-state index is 11.6. The van der Waals surface area contributed by atoms with Crippen molar-refractivity contribution < 1.29 is 9.59 Å². The number of hydrogen-bond acceptors (Lipinski definition) is 2. The van der Waals surface area contributed by atoms with E-state index in [1.54, 1.807) is 13.8 Å². The van der Waals surface area contributed by atoms with Crippen molar-refractivity contribution in [2.24, 2.45) is 0 Å². The van der Waals surface area contributed by atoms with Crippen LogP contribution in [-0.4, -0.2) is 22.6 Å². The predicted molar refractivity (Wildman–Crippen MR) is 104 cm³/mol. The summed E-state index contributed by atoms with van der Waals surface area (Å²) in [5, 5.41) is 4.35. The molecule has 2 amide bonds. The maximum Gasteiger partial charge on any atom is 0.242 e. The smallest absolute Gasteiger partial charge is 0.242 e. The zero-order valence-corrected chi connectivity index (χ0v) is 15.6.